The van der Waals surface area contributed by atoms with E-state index in [1.165, 1.54) is 4.57 Å². The number of nitrogens with zero attached hydrogens (tertiary/aromatic N) is 1. The summed E-state index contributed by atoms with van der Waals surface area (Å²) >= 11 is 0. The van der Waals surface area contributed by atoms with Crippen molar-refractivity contribution in [2.45, 2.75) is 26.6 Å². The Morgan fingerprint density at radius 2 is 1.89 bits per heavy atom. The summed E-state index contributed by atoms with van der Waals surface area (Å²) in [6, 6.07) is 12.6. The summed E-state index contributed by atoms with van der Waals surface area (Å²) in [6.07, 6.45) is 0. The number of aryl methyl sites for hydroxylation is 1. The van der Waals surface area contributed by atoms with Crippen molar-refractivity contribution in [3.8, 4) is 0 Å². The summed E-state index contributed by atoms with van der Waals surface area (Å²) in [5.41, 5.74) is 2.13. The van der Waals surface area contributed by atoms with Gasteiger partial charge in [0.25, 0.3) is 5.91 Å². The van der Waals surface area contributed by atoms with Gasteiger partial charge in [-0.15, -0.1) is 0 Å². The summed E-state index contributed by atoms with van der Waals surface area (Å²) in [5.74, 6) is -0.265. The van der Waals surface area contributed by atoms with Gasteiger partial charge in [0.05, 0.1) is 17.6 Å². The standard InChI is InChI=1S/C20H21N3O4/c1-3-23-17-9-8-13(10-16(17)22-19(25)20(23)26)18(24)21-11-14-6-4-5-7-15(14)12-27-2/h4-10H,3,11-12H2,1-2H3,(H,21,24)(H,22,25). The van der Waals surface area contributed by atoms with Crippen LogP contribution < -0.4 is 16.4 Å². The van der Waals surface area contributed by atoms with E-state index < -0.39 is 11.1 Å². The number of benzene rings is 2. The van der Waals surface area contributed by atoms with Crippen molar-refractivity contribution in [3.63, 3.8) is 0 Å². The summed E-state index contributed by atoms with van der Waals surface area (Å²) in [5, 5.41) is 2.88. The van der Waals surface area contributed by atoms with Crippen LogP contribution in [0.25, 0.3) is 11.0 Å². The van der Waals surface area contributed by atoms with Crippen molar-refractivity contribution in [1.82, 2.24) is 14.9 Å². The molecular weight excluding hydrogens is 346 g/mol. The fourth-order valence-corrected chi connectivity index (χ4v) is 3.04. The van der Waals surface area contributed by atoms with E-state index in [1.807, 2.05) is 24.3 Å². The molecule has 2 N–H and O–H groups in total. The van der Waals surface area contributed by atoms with E-state index >= 15 is 0 Å². The molecule has 0 bridgehead atoms. The van der Waals surface area contributed by atoms with Crippen LogP contribution in [0.2, 0.25) is 0 Å². The first-order valence-electron chi connectivity index (χ1n) is 8.66. The van der Waals surface area contributed by atoms with Crippen LogP contribution in [0.3, 0.4) is 0 Å². The average Bonchev–Trinajstić information content (AvgIpc) is 2.68. The molecule has 0 fully saturated rings. The van der Waals surface area contributed by atoms with Gasteiger partial charge in [-0.3, -0.25) is 14.4 Å². The van der Waals surface area contributed by atoms with Crippen LogP contribution in [-0.2, 0) is 24.4 Å². The lowest BCUT2D eigenvalue weighted by atomic mass is 10.1. The molecule has 27 heavy (non-hydrogen) atoms. The number of hydrogen-bond donors (Lipinski definition) is 2. The second kappa shape index (κ2) is 8.01. The maximum atomic E-state index is 12.5. The molecule has 7 heteroatoms. The molecule has 2 aromatic carbocycles. The maximum Gasteiger partial charge on any atom is 0.316 e. The Kier molecular flexibility index (Phi) is 5.52. The molecule has 0 unspecified atom stereocenters. The van der Waals surface area contributed by atoms with Gasteiger partial charge in [0, 0.05) is 25.8 Å². The van der Waals surface area contributed by atoms with Crippen molar-refractivity contribution in [2.75, 3.05) is 7.11 Å². The molecule has 1 heterocycles. The Bertz CT molecular complexity index is 1100. The van der Waals surface area contributed by atoms with Crippen molar-refractivity contribution in [1.29, 1.82) is 0 Å². The van der Waals surface area contributed by atoms with Crippen molar-refractivity contribution >= 4 is 16.9 Å². The normalized spacial score (nSPS) is 10.9. The third-order valence-corrected chi connectivity index (χ3v) is 4.41. The molecule has 0 saturated heterocycles. The number of H-pyrrole nitrogens is 1. The SMILES string of the molecule is CCn1c(=O)c(=O)[nH]c2cc(C(=O)NCc3ccccc3COC)ccc21. The minimum Gasteiger partial charge on any atom is -0.380 e. The van der Waals surface area contributed by atoms with Crippen LogP contribution in [-0.4, -0.2) is 22.6 Å². The second-order valence-electron chi connectivity index (χ2n) is 6.12. The lowest BCUT2D eigenvalue weighted by molar-refractivity contribution is 0.0950. The minimum absolute atomic E-state index is 0.265. The number of nitrogens with one attached hydrogen (secondary N) is 2. The van der Waals surface area contributed by atoms with Crippen LogP contribution >= 0.6 is 0 Å². The third kappa shape index (κ3) is 3.83. The molecule has 3 rings (SSSR count). The summed E-state index contributed by atoms with van der Waals surface area (Å²) < 4.78 is 6.56. The zero-order chi connectivity index (χ0) is 19.4. The number of fused-ring (bicyclic) bond motifs is 1. The Morgan fingerprint density at radius 3 is 2.59 bits per heavy atom. The molecule has 0 atom stereocenters. The summed E-state index contributed by atoms with van der Waals surface area (Å²) in [7, 11) is 1.63. The zero-order valence-electron chi connectivity index (χ0n) is 15.2. The van der Waals surface area contributed by atoms with Crippen LogP contribution in [0.15, 0.2) is 52.1 Å². The highest BCUT2D eigenvalue weighted by molar-refractivity contribution is 5.97. The fourth-order valence-electron chi connectivity index (χ4n) is 3.04. The highest BCUT2D eigenvalue weighted by Gasteiger charge is 2.11. The van der Waals surface area contributed by atoms with Gasteiger partial charge in [-0.1, -0.05) is 24.3 Å². The molecule has 0 aliphatic carbocycles. The highest BCUT2D eigenvalue weighted by Crippen LogP contribution is 2.13. The first kappa shape index (κ1) is 18.6. The topological polar surface area (TPSA) is 93.2 Å². The van der Waals surface area contributed by atoms with Crippen molar-refractivity contribution in [3.05, 3.63) is 79.9 Å². The van der Waals surface area contributed by atoms with Crippen LogP contribution in [0, 0.1) is 0 Å². The monoisotopic (exact) mass is 367 g/mol. The fraction of sp³-hybridized carbons (Fsp3) is 0.250. The van der Waals surface area contributed by atoms with Gasteiger partial charge >= 0.3 is 11.1 Å². The quantitative estimate of drug-likeness (QED) is 0.650. The number of hydrogen-bond acceptors (Lipinski definition) is 4. The maximum absolute atomic E-state index is 12.5. The molecule has 1 aromatic heterocycles. The average molecular weight is 367 g/mol. The van der Waals surface area contributed by atoms with Gasteiger partial charge in [-0.05, 0) is 36.2 Å². The van der Waals surface area contributed by atoms with Gasteiger partial charge in [0.1, 0.15) is 0 Å². The Labute approximate surface area is 155 Å². The minimum atomic E-state index is -0.699. The van der Waals surface area contributed by atoms with E-state index in [1.54, 1.807) is 32.2 Å². The number of amides is 1. The van der Waals surface area contributed by atoms with E-state index in [0.29, 0.717) is 36.3 Å². The Balaban J connectivity index is 1.85. The van der Waals surface area contributed by atoms with E-state index in [4.69, 9.17) is 4.74 Å². The second-order valence-corrected chi connectivity index (χ2v) is 6.12. The number of carbonyl (C=O) groups excluding carboxylic acids is 1. The van der Waals surface area contributed by atoms with E-state index in [9.17, 15) is 14.4 Å². The van der Waals surface area contributed by atoms with Gasteiger partial charge < -0.3 is 19.6 Å². The predicted octanol–water partition coefficient (Wildman–Crippen LogP) is 1.79. The third-order valence-electron chi connectivity index (χ3n) is 4.41. The van der Waals surface area contributed by atoms with Crippen LogP contribution in [0.5, 0.6) is 0 Å². The number of aromatic nitrogens is 2. The molecule has 3 aromatic rings. The van der Waals surface area contributed by atoms with E-state index in [2.05, 4.69) is 10.3 Å². The smallest absolute Gasteiger partial charge is 0.316 e. The number of carbonyl (C=O) groups is 1. The van der Waals surface area contributed by atoms with Crippen molar-refractivity contribution in [2.24, 2.45) is 0 Å². The number of ether oxygens (including phenoxy) is 1. The summed E-state index contributed by atoms with van der Waals surface area (Å²) in [4.78, 5) is 38.8. The molecule has 0 spiro atoms. The molecule has 0 aliphatic heterocycles. The van der Waals surface area contributed by atoms with Crippen molar-refractivity contribution < 1.29 is 9.53 Å². The zero-order valence-corrected chi connectivity index (χ0v) is 15.2. The van der Waals surface area contributed by atoms with E-state index in [0.717, 1.165) is 11.1 Å². The largest absolute Gasteiger partial charge is 0.380 e. The number of rotatable bonds is 6. The molecule has 0 saturated carbocycles. The predicted molar refractivity (Wildman–Crippen MR) is 103 cm³/mol. The Morgan fingerprint density at radius 1 is 1.15 bits per heavy atom. The first-order valence-corrected chi connectivity index (χ1v) is 8.66. The lowest BCUT2D eigenvalue weighted by Crippen LogP contribution is -2.36. The highest BCUT2D eigenvalue weighted by atomic mass is 16.5. The molecular formula is C20H21N3O4. The molecule has 140 valence electrons. The number of methoxy groups -OCH3 is 1. The lowest BCUT2D eigenvalue weighted by Gasteiger charge is -2.11. The van der Waals surface area contributed by atoms with Gasteiger partial charge in [0.15, 0.2) is 0 Å². The number of aromatic amines is 1. The van der Waals surface area contributed by atoms with Crippen LogP contribution in [0.4, 0.5) is 0 Å². The summed E-state index contributed by atoms with van der Waals surface area (Å²) in [6.45, 7) is 3.00. The van der Waals surface area contributed by atoms with Gasteiger partial charge in [0.2, 0.25) is 0 Å². The first-order chi connectivity index (χ1) is 13.0. The molecule has 7 nitrogen and oxygen atoms in total. The van der Waals surface area contributed by atoms with Crippen LogP contribution in [0.1, 0.15) is 28.4 Å². The molecule has 1 amide bonds. The van der Waals surface area contributed by atoms with E-state index in [-0.39, 0.29) is 5.91 Å². The molecule has 0 radical (unpaired) electrons. The van der Waals surface area contributed by atoms with Gasteiger partial charge in [-0.25, -0.2) is 0 Å². The van der Waals surface area contributed by atoms with Gasteiger partial charge in [-0.2, -0.15) is 0 Å². The Hall–Kier alpha value is -3.19. The molecule has 0 aliphatic rings.